The van der Waals surface area contributed by atoms with E-state index in [0.29, 0.717) is 50.6 Å². The number of piperazine rings is 1. The standard InChI is InChI=1S/C38H45ClF2N8O4/c1-5-23(10-13-46(2)3)37(51)48-14-16-49(17-15-48)38(52)27-7-6-25(20-30(27)39)44-36(50)35-42-22-31(47(35)4)28-9-8-26(32(40)33(28)41)29-21-43-45-34(29)24-11-18-53-19-12-24/h6-9,20-24H,5,10-19H2,1-4H3,(H,43,45)(H,44,50)/p+1. The molecule has 6 rings (SSSR count). The molecule has 2 aromatic heterocycles. The van der Waals surface area contributed by atoms with Crippen molar-refractivity contribution in [2.45, 2.75) is 38.5 Å². The Morgan fingerprint density at radius 3 is 2.36 bits per heavy atom. The van der Waals surface area contributed by atoms with E-state index in [1.165, 1.54) is 47.1 Å². The Morgan fingerprint density at radius 2 is 1.68 bits per heavy atom. The maximum absolute atomic E-state index is 15.7. The molecule has 0 aliphatic carbocycles. The van der Waals surface area contributed by atoms with Gasteiger partial charge in [0, 0.05) is 92.8 Å². The third-order valence-electron chi connectivity index (χ3n) is 10.3. The van der Waals surface area contributed by atoms with Crippen LogP contribution in [0.2, 0.25) is 5.02 Å². The summed E-state index contributed by atoms with van der Waals surface area (Å²) in [5.41, 5.74) is 2.10. The zero-order valence-electron chi connectivity index (χ0n) is 30.5. The smallest absolute Gasteiger partial charge is 0.291 e. The SMILES string of the molecule is CCC(CC[NH+](C)C)C(=O)N1CCN(C(=O)c2ccc(NC(=O)c3ncc(-c4ccc(-c5cn[nH]c5C5CCOCC5)c(F)c4F)n3C)cc2Cl)CC1. The lowest BCUT2D eigenvalue weighted by Gasteiger charge is -2.36. The molecule has 282 valence electrons. The molecule has 15 heteroatoms. The molecule has 2 aliphatic rings. The van der Waals surface area contributed by atoms with Crippen LogP contribution in [0.1, 0.15) is 65.2 Å². The van der Waals surface area contributed by atoms with Crippen LogP contribution in [-0.4, -0.2) is 107 Å². The van der Waals surface area contributed by atoms with Crippen molar-refractivity contribution >= 4 is 35.0 Å². The Labute approximate surface area is 312 Å². The fourth-order valence-electron chi connectivity index (χ4n) is 7.11. The van der Waals surface area contributed by atoms with Crippen LogP contribution in [0.15, 0.2) is 42.7 Å². The lowest BCUT2D eigenvalue weighted by molar-refractivity contribution is -0.858. The second-order valence-corrected chi connectivity index (χ2v) is 14.4. The fraction of sp³-hybridized carbons (Fsp3) is 0.447. The average molecular weight is 752 g/mol. The number of hydrogen-bond acceptors (Lipinski definition) is 6. The van der Waals surface area contributed by atoms with Gasteiger partial charge in [0.1, 0.15) is 0 Å². The number of halogens is 3. The number of anilines is 1. The molecule has 4 heterocycles. The summed E-state index contributed by atoms with van der Waals surface area (Å²) in [7, 11) is 5.69. The van der Waals surface area contributed by atoms with Gasteiger partial charge in [-0.3, -0.25) is 19.5 Å². The van der Waals surface area contributed by atoms with Gasteiger partial charge in [0.15, 0.2) is 17.5 Å². The van der Waals surface area contributed by atoms with E-state index in [1.807, 2.05) is 11.8 Å². The van der Waals surface area contributed by atoms with Crippen molar-refractivity contribution in [2.75, 3.05) is 65.3 Å². The first kappa shape index (κ1) is 38.1. The Kier molecular flexibility index (Phi) is 11.9. The van der Waals surface area contributed by atoms with Crippen LogP contribution >= 0.6 is 11.6 Å². The van der Waals surface area contributed by atoms with Crippen molar-refractivity contribution in [1.82, 2.24) is 29.5 Å². The monoisotopic (exact) mass is 751 g/mol. The molecule has 4 aromatic rings. The second kappa shape index (κ2) is 16.6. The maximum atomic E-state index is 15.7. The van der Waals surface area contributed by atoms with Crippen LogP contribution in [0.4, 0.5) is 14.5 Å². The highest BCUT2D eigenvalue weighted by Crippen LogP contribution is 2.37. The molecule has 2 fully saturated rings. The van der Waals surface area contributed by atoms with Gasteiger partial charge >= 0.3 is 0 Å². The zero-order valence-corrected chi connectivity index (χ0v) is 31.2. The van der Waals surface area contributed by atoms with Gasteiger partial charge in [-0.25, -0.2) is 13.8 Å². The highest BCUT2D eigenvalue weighted by Gasteiger charge is 2.30. The summed E-state index contributed by atoms with van der Waals surface area (Å²) in [4.78, 5) is 48.8. The predicted octanol–water partition coefficient (Wildman–Crippen LogP) is 4.40. The molecular formula is C38H46ClF2N8O4+. The molecule has 2 aromatic carbocycles. The van der Waals surface area contributed by atoms with Crippen LogP contribution in [0.5, 0.6) is 0 Å². The van der Waals surface area contributed by atoms with E-state index in [0.717, 1.165) is 37.9 Å². The molecule has 0 spiro atoms. The summed E-state index contributed by atoms with van der Waals surface area (Å²) in [6, 6.07) is 7.57. The number of nitrogens with one attached hydrogen (secondary N) is 3. The van der Waals surface area contributed by atoms with Crippen molar-refractivity contribution < 1.29 is 32.8 Å². The van der Waals surface area contributed by atoms with Crippen molar-refractivity contribution in [3.63, 3.8) is 0 Å². The molecule has 0 radical (unpaired) electrons. The number of benzene rings is 2. The molecule has 1 atom stereocenters. The first-order valence-electron chi connectivity index (χ1n) is 18.1. The van der Waals surface area contributed by atoms with E-state index >= 15 is 8.78 Å². The van der Waals surface area contributed by atoms with Gasteiger partial charge in [0.05, 0.1) is 49.3 Å². The predicted molar refractivity (Wildman–Crippen MR) is 197 cm³/mol. The minimum Gasteiger partial charge on any atom is -0.381 e. The normalized spacial score (nSPS) is 15.9. The quantitative estimate of drug-likeness (QED) is 0.209. The van der Waals surface area contributed by atoms with Gasteiger partial charge in [-0.15, -0.1) is 0 Å². The number of rotatable bonds is 11. The number of aromatic amines is 1. The third kappa shape index (κ3) is 8.14. The van der Waals surface area contributed by atoms with Crippen LogP contribution in [0, 0.1) is 17.6 Å². The number of aromatic nitrogens is 4. The zero-order chi connectivity index (χ0) is 37.8. The molecule has 2 saturated heterocycles. The Bertz CT molecular complexity index is 1970. The number of hydrogen-bond donors (Lipinski definition) is 3. The minimum absolute atomic E-state index is 0.0263. The van der Waals surface area contributed by atoms with E-state index in [9.17, 15) is 14.4 Å². The molecule has 3 amide bonds. The van der Waals surface area contributed by atoms with Crippen LogP contribution in [0.25, 0.3) is 22.4 Å². The van der Waals surface area contributed by atoms with Gasteiger partial charge in [-0.2, -0.15) is 5.10 Å². The molecule has 0 bridgehead atoms. The number of amides is 3. The molecule has 0 saturated carbocycles. The minimum atomic E-state index is -1.07. The van der Waals surface area contributed by atoms with E-state index < -0.39 is 17.5 Å². The van der Waals surface area contributed by atoms with Crippen molar-refractivity contribution in [1.29, 1.82) is 0 Å². The number of carbonyl (C=O) groups is 3. The first-order chi connectivity index (χ1) is 25.5. The first-order valence-corrected chi connectivity index (χ1v) is 18.5. The Balaban J connectivity index is 1.10. The van der Waals surface area contributed by atoms with E-state index in [4.69, 9.17) is 16.3 Å². The highest BCUT2D eigenvalue weighted by molar-refractivity contribution is 6.34. The average Bonchev–Trinajstić information content (AvgIpc) is 3.80. The van der Waals surface area contributed by atoms with Crippen molar-refractivity contribution in [2.24, 2.45) is 13.0 Å². The van der Waals surface area contributed by atoms with Gasteiger partial charge in [0.25, 0.3) is 11.8 Å². The van der Waals surface area contributed by atoms with Crippen LogP contribution in [0.3, 0.4) is 0 Å². The summed E-state index contributed by atoms with van der Waals surface area (Å²) in [5.74, 6) is -2.79. The summed E-state index contributed by atoms with van der Waals surface area (Å²) < 4.78 is 38.1. The van der Waals surface area contributed by atoms with E-state index in [-0.39, 0.29) is 56.9 Å². The van der Waals surface area contributed by atoms with Gasteiger partial charge in [0.2, 0.25) is 5.91 Å². The topological polar surface area (TPSA) is 130 Å². The molecule has 12 nitrogen and oxygen atoms in total. The fourth-order valence-corrected chi connectivity index (χ4v) is 7.37. The molecular weight excluding hydrogens is 706 g/mol. The molecule has 3 N–H and O–H groups in total. The van der Waals surface area contributed by atoms with Crippen molar-refractivity contribution in [3.05, 3.63) is 76.5 Å². The molecule has 2 aliphatic heterocycles. The number of carbonyl (C=O) groups excluding carboxylic acids is 3. The summed E-state index contributed by atoms with van der Waals surface area (Å²) in [6.07, 6.45) is 5.94. The number of H-pyrrole nitrogens is 1. The maximum Gasteiger partial charge on any atom is 0.291 e. The largest absolute Gasteiger partial charge is 0.381 e. The number of nitrogens with zero attached hydrogens (tertiary/aromatic N) is 5. The van der Waals surface area contributed by atoms with Gasteiger partial charge < -0.3 is 29.3 Å². The highest BCUT2D eigenvalue weighted by atomic mass is 35.5. The lowest BCUT2D eigenvalue weighted by Crippen LogP contribution is -3.05. The summed E-state index contributed by atoms with van der Waals surface area (Å²) in [6.45, 7) is 5.83. The summed E-state index contributed by atoms with van der Waals surface area (Å²) in [5, 5.41) is 9.95. The van der Waals surface area contributed by atoms with Gasteiger partial charge in [-0.1, -0.05) is 24.6 Å². The number of ether oxygens (including phenoxy) is 1. The summed E-state index contributed by atoms with van der Waals surface area (Å²) >= 11 is 6.55. The Morgan fingerprint density at radius 1 is 1.00 bits per heavy atom. The van der Waals surface area contributed by atoms with Crippen LogP contribution < -0.4 is 10.2 Å². The second-order valence-electron chi connectivity index (χ2n) is 14.0. The molecule has 1 unspecified atom stereocenters. The molecule has 53 heavy (non-hydrogen) atoms. The van der Waals surface area contributed by atoms with Crippen molar-refractivity contribution in [3.8, 4) is 22.4 Å². The van der Waals surface area contributed by atoms with E-state index in [1.54, 1.807) is 17.0 Å². The lowest BCUT2D eigenvalue weighted by atomic mass is 9.91. The van der Waals surface area contributed by atoms with E-state index in [2.05, 4.69) is 34.6 Å². The number of quaternary nitrogens is 1. The van der Waals surface area contributed by atoms with Crippen LogP contribution in [-0.2, 0) is 16.6 Å². The Hall–Kier alpha value is -4.66. The number of imidazole rings is 1. The third-order valence-corrected chi connectivity index (χ3v) is 10.6. The van der Waals surface area contributed by atoms with Gasteiger partial charge in [-0.05, 0) is 43.5 Å².